The Morgan fingerprint density at radius 3 is 2.77 bits per heavy atom. The van der Waals surface area contributed by atoms with Crippen LogP contribution in [0.5, 0.6) is 0 Å². The van der Waals surface area contributed by atoms with Crippen LogP contribution in [0, 0.1) is 22.7 Å². The van der Waals surface area contributed by atoms with E-state index in [1.54, 1.807) is 25.5 Å². The molecule has 1 aromatic heterocycles. The van der Waals surface area contributed by atoms with E-state index < -0.39 is 17.8 Å². The van der Waals surface area contributed by atoms with Crippen molar-refractivity contribution in [2.45, 2.75) is 90.5 Å². The van der Waals surface area contributed by atoms with Crippen LogP contribution in [-0.4, -0.2) is 35.2 Å². The number of aliphatic hydroxyl groups is 1. The number of aliphatic hydroxyl groups excluding tert-OH is 1. The summed E-state index contributed by atoms with van der Waals surface area (Å²) in [6.07, 6.45) is 7.16. The van der Waals surface area contributed by atoms with Gasteiger partial charge < -0.3 is 23.7 Å². The summed E-state index contributed by atoms with van der Waals surface area (Å²) in [5.74, 6) is 0.105. The number of epoxide rings is 1. The number of rotatable bonds is 5. The lowest BCUT2D eigenvalue weighted by atomic mass is 9.41. The van der Waals surface area contributed by atoms with Crippen LogP contribution in [-0.2, 0) is 19.0 Å². The highest BCUT2D eigenvalue weighted by atomic mass is 16.6. The molecule has 0 spiro atoms. The van der Waals surface area contributed by atoms with Gasteiger partial charge in [-0.3, -0.25) is 0 Å². The highest BCUT2D eigenvalue weighted by molar-refractivity contribution is 5.87. The van der Waals surface area contributed by atoms with Crippen LogP contribution in [0.2, 0.25) is 0 Å². The second-order valence-corrected chi connectivity index (χ2v) is 10.5. The van der Waals surface area contributed by atoms with E-state index in [-0.39, 0.29) is 41.0 Å². The standard InChI is InChI=1S/C25H34O6/c1-6-14(2)21(26)29-17(16-9-10-28-13-16)12-25-15(3)11-20(30-22(25)27)23(4)18(25)7-8-19-24(23,5)31-19/h6,9-10,13,15,17-20,22,27H,7-8,11-12H2,1-5H3/t15-,17-,18+,19-,20-,22+,23-,24-,25+/m1/s1. The normalized spacial score (nSPS) is 46.8. The molecule has 4 heterocycles. The Bertz CT molecular complexity index is 878. The molecule has 0 amide bonds. The third-order valence-electron chi connectivity index (χ3n) is 9.47. The fraction of sp³-hybridized carbons (Fsp3) is 0.720. The molecular weight excluding hydrogens is 396 g/mol. The van der Waals surface area contributed by atoms with Crippen LogP contribution < -0.4 is 0 Å². The topological polar surface area (TPSA) is 81.4 Å². The van der Waals surface area contributed by atoms with Crippen molar-refractivity contribution in [3.05, 3.63) is 35.8 Å². The monoisotopic (exact) mass is 430 g/mol. The van der Waals surface area contributed by atoms with Gasteiger partial charge in [-0.2, -0.15) is 0 Å². The molecule has 9 atom stereocenters. The van der Waals surface area contributed by atoms with Gasteiger partial charge in [-0.15, -0.1) is 0 Å². The first-order valence-electron chi connectivity index (χ1n) is 11.6. The van der Waals surface area contributed by atoms with E-state index in [4.69, 9.17) is 18.6 Å². The van der Waals surface area contributed by atoms with Crippen molar-refractivity contribution in [1.29, 1.82) is 0 Å². The molecular formula is C25H34O6. The molecule has 6 nitrogen and oxygen atoms in total. The Labute approximate surface area is 183 Å². The van der Waals surface area contributed by atoms with E-state index >= 15 is 0 Å². The van der Waals surface area contributed by atoms with Crippen molar-refractivity contribution in [3.63, 3.8) is 0 Å². The largest absolute Gasteiger partial charge is 0.472 e. The molecule has 1 N–H and O–H groups in total. The number of carbonyl (C=O) groups excluding carboxylic acids is 1. The fourth-order valence-electron chi connectivity index (χ4n) is 7.22. The number of esters is 1. The first-order chi connectivity index (χ1) is 14.7. The molecule has 0 aromatic carbocycles. The van der Waals surface area contributed by atoms with E-state index in [0.29, 0.717) is 12.0 Å². The average Bonchev–Trinajstić information content (AvgIpc) is 3.16. The van der Waals surface area contributed by atoms with E-state index in [9.17, 15) is 9.90 Å². The summed E-state index contributed by atoms with van der Waals surface area (Å²) in [7, 11) is 0. The molecule has 0 unspecified atom stereocenters. The molecule has 31 heavy (non-hydrogen) atoms. The van der Waals surface area contributed by atoms with Gasteiger partial charge in [0, 0.05) is 22.0 Å². The Balaban J connectivity index is 1.55. The van der Waals surface area contributed by atoms with Gasteiger partial charge in [-0.25, -0.2) is 4.79 Å². The summed E-state index contributed by atoms with van der Waals surface area (Å²) in [4.78, 5) is 12.7. The SMILES string of the molecule is CC=C(C)C(=O)O[C@H](C[C@@]12[C@H](C)C[C@@H](O[C@@H]1O)[C@@]1(C)[C@@H]2CC[C@H]2O[C@]21C)c1ccoc1. The highest BCUT2D eigenvalue weighted by Crippen LogP contribution is 2.74. The predicted molar refractivity (Wildman–Crippen MR) is 113 cm³/mol. The van der Waals surface area contributed by atoms with Crippen molar-refractivity contribution in [3.8, 4) is 0 Å². The van der Waals surface area contributed by atoms with Crippen LogP contribution in [0.1, 0.15) is 72.0 Å². The number of furan rings is 1. The van der Waals surface area contributed by atoms with Gasteiger partial charge in [0.15, 0.2) is 6.29 Å². The molecule has 5 fully saturated rings. The third kappa shape index (κ3) is 2.71. The van der Waals surface area contributed by atoms with E-state index in [1.165, 1.54) is 0 Å². The lowest BCUT2D eigenvalue weighted by Crippen LogP contribution is -2.72. The molecule has 2 saturated carbocycles. The molecule has 170 valence electrons. The number of allylic oxidation sites excluding steroid dienone is 1. The van der Waals surface area contributed by atoms with Crippen molar-refractivity contribution >= 4 is 5.97 Å². The van der Waals surface area contributed by atoms with Crippen molar-refractivity contribution < 1.29 is 28.5 Å². The number of hydrogen-bond acceptors (Lipinski definition) is 6. The summed E-state index contributed by atoms with van der Waals surface area (Å²) >= 11 is 0. The van der Waals surface area contributed by atoms with Crippen molar-refractivity contribution in [1.82, 2.24) is 0 Å². The van der Waals surface area contributed by atoms with Gasteiger partial charge in [-0.05, 0) is 64.4 Å². The minimum absolute atomic E-state index is 0.0279. The van der Waals surface area contributed by atoms with Gasteiger partial charge >= 0.3 is 5.97 Å². The second-order valence-electron chi connectivity index (χ2n) is 10.5. The fourth-order valence-corrected chi connectivity index (χ4v) is 7.22. The zero-order chi connectivity index (χ0) is 22.2. The van der Waals surface area contributed by atoms with Gasteiger partial charge in [0.1, 0.15) is 11.7 Å². The molecule has 6 heteroatoms. The third-order valence-corrected chi connectivity index (χ3v) is 9.47. The van der Waals surface area contributed by atoms with Gasteiger partial charge in [0.05, 0.1) is 24.7 Å². The molecule has 3 saturated heterocycles. The summed E-state index contributed by atoms with van der Waals surface area (Å²) in [6.45, 7) is 10.3. The summed E-state index contributed by atoms with van der Waals surface area (Å²) in [5.41, 5.74) is 0.451. The first kappa shape index (κ1) is 21.2. The minimum Gasteiger partial charge on any atom is -0.472 e. The maximum atomic E-state index is 12.7. The maximum absolute atomic E-state index is 12.7. The predicted octanol–water partition coefficient (Wildman–Crippen LogP) is 4.54. The quantitative estimate of drug-likeness (QED) is 0.420. The zero-order valence-corrected chi connectivity index (χ0v) is 19.1. The molecule has 2 aliphatic carbocycles. The summed E-state index contributed by atoms with van der Waals surface area (Å²) < 4.78 is 23.8. The Morgan fingerprint density at radius 1 is 1.35 bits per heavy atom. The smallest absolute Gasteiger partial charge is 0.333 e. The Morgan fingerprint density at radius 2 is 2.13 bits per heavy atom. The summed E-state index contributed by atoms with van der Waals surface area (Å²) in [5, 5.41) is 11.4. The number of carbonyl (C=O) groups is 1. The van der Waals surface area contributed by atoms with Gasteiger partial charge in [-0.1, -0.05) is 19.9 Å². The Hall–Kier alpha value is -1.63. The highest BCUT2D eigenvalue weighted by Gasteiger charge is 2.79. The molecule has 6 rings (SSSR count). The molecule has 0 radical (unpaired) electrons. The number of ether oxygens (including phenoxy) is 3. The van der Waals surface area contributed by atoms with Crippen LogP contribution in [0.4, 0.5) is 0 Å². The van der Waals surface area contributed by atoms with Crippen LogP contribution >= 0.6 is 0 Å². The maximum Gasteiger partial charge on any atom is 0.333 e. The van der Waals surface area contributed by atoms with Gasteiger partial charge in [0.25, 0.3) is 0 Å². The molecule has 3 aliphatic heterocycles. The zero-order valence-electron chi connectivity index (χ0n) is 19.1. The van der Waals surface area contributed by atoms with Crippen molar-refractivity contribution in [2.75, 3.05) is 0 Å². The number of hydrogen-bond donors (Lipinski definition) is 1. The average molecular weight is 431 g/mol. The molecule has 5 aliphatic rings. The van der Waals surface area contributed by atoms with E-state index in [1.807, 2.05) is 13.0 Å². The lowest BCUT2D eigenvalue weighted by Gasteiger charge is -2.68. The van der Waals surface area contributed by atoms with E-state index in [2.05, 4.69) is 20.8 Å². The lowest BCUT2D eigenvalue weighted by molar-refractivity contribution is -0.368. The minimum atomic E-state index is -0.894. The van der Waals surface area contributed by atoms with Crippen LogP contribution in [0.15, 0.2) is 34.7 Å². The van der Waals surface area contributed by atoms with Crippen LogP contribution in [0.25, 0.3) is 0 Å². The molecule has 2 bridgehead atoms. The Kier molecular flexibility index (Phi) is 4.75. The van der Waals surface area contributed by atoms with Crippen molar-refractivity contribution in [2.24, 2.45) is 22.7 Å². The number of fused-ring (bicyclic) bond motifs is 3. The van der Waals surface area contributed by atoms with Gasteiger partial charge in [0.2, 0.25) is 0 Å². The van der Waals surface area contributed by atoms with E-state index in [0.717, 1.165) is 24.8 Å². The molecule has 1 aromatic rings. The first-order valence-corrected chi connectivity index (χ1v) is 11.6. The van der Waals surface area contributed by atoms with Crippen LogP contribution in [0.3, 0.4) is 0 Å². The second kappa shape index (κ2) is 6.93. The summed E-state index contributed by atoms with van der Waals surface area (Å²) in [6, 6.07) is 1.84.